The predicted octanol–water partition coefficient (Wildman–Crippen LogP) is 2.81. The number of thiocarbonyl (C=S) groups is 1. The number of benzene rings is 2. The SMILES string of the molecule is Cc1cc(Br)ccc1N1CCN(C(=S)Nc2cccc3c(=O)[nH][nH]c(=O)c23)CC1. The Labute approximate surface area is 180 Å². The third-order valence-corrected chi connectivity index (χ3v) is 5.99. The zero-order chi connectivity index (χ0) is 20.5. The fraction of sp³-hybridized carbons (Fsp3) is 0.250. The number of halogens is 1. The number of anilines is 2. The van der Waals surface area contributed by atoms with Crippen LogP contribution in [0.1, 0.15) is 5.56 Å². The van der Waals surface area contributed by atoms with Crippen LogP contribution in [0.3, 0.4) is 0 Å². The Hall–Kier alpha value is -2.65. The zero-order valence-electron chi connectivity index (χ0n) is 15.8. The number of aromatic amines is 2. The van der Waals surface area contributed by atoms with Gasteiger partial charge in [0.1, 0.15) is 0 Å². The van der Waals surface area contributed by atoms with Crippen LogP contribution < -0.4 is 21.3 Å². The van der Waals surface area contributed by atoms with Crippen LogP contribution >= 0.6 is 28.1 Å². The first-order valence-electron chi connectivity index (χ1n) is 9.25. The summed E-state index contributed by atoms with van der Waals surface area (Å²) < 4.78 is 1.08. The van der Waals surface area contributed by atoms with Crippen molar-refractivity contribution in [2.24, 2.45) is 0 Å². The molecule has 0 spiro atoms. The van der Waals surface area contributed by atoms with Crippen molar-refractivity contribution in [3.05, 3.63) is 67.1 Å². The standard InChI is InChI=1S/C20H20BrN5O2S/c1-12-11-13(21)5-6-16(12)25-7-9-26(10-8-25)20(29)22-15-4-2-3-14-17(15)19(28)24-23-18(14)27/h2-6,11H,7-10H2,1H3,(H,22,29)(H,23,27)(H,24,28). The van der Waals surface area contributed by atoms with Gasteiger partial charge in [-0.3, -0.25) is 19.8 Å². The van der Waals surface area contributed by atoms with Crippen LogP contribution in [0, 0.1) is 6.92 Å². The number of H-pyrrole nitrogens is 2. The highest BCUT2D eigenvalue weighted by Crippen LogP contribution is 2.25. The number of hydrogen-bond acceptors (Lipinski definition) is 4. The van der Waals surface area contributed by atoms with E-state index in [9.17, 15) is 9.59 Å². The maximum Gasteiger partial charge on any atom is 0.272 e. The number of piperazine rings is 1. The zero-order valence-corrected chi connectivity index (χ0v) is 18.2. The number of nitrogens with one attached hydrogen (secondary N) is 3. The summed E-state index contributed by atoms with van der Waals surface area (Å²) >= 11 is 9.09. The number of hydrogen-bond donors (Lipinski definition) is 3. The Morgan fingerprint density at radius 3 is 2.52 bits per heavy atom. The lowest BCUT2D eigenvalue weighted by molar-refractivity contribution is 0.390. The summed E-state index contributed by atoms with van der Waals surface area (Å²) in [6, 6.07) is 11.4. The molecule has 0 amide bonds. The van der Waals surface area contributed by atoms with E-state index in [4.69, 9.17) is 12.2 Å². The Kier molecular flexibility index (Phi) is 5.42. The van der Waals surface area contributed by atoms with E-state index < -0.39 is 0 Å². The average molecular weight is 474 g/mol. The summed E-state index contributed by atoms with van der Waals surface area (Å²) in [6.45, 7) is 5.34. The molecule has 0 unspecified atom stereocenters. The van der Waals surface area contributed by atoms with Gasteiger partial charge in [-0.2, -0.15) is 0 Å². The molecule has 3 N–H and O–H groups in total. The van der Waals surface area contributed by atoms with E-state index >= 15 is 0 Å². The van der Waals surface area contributed by atoms with Gasteiger partial charge in [0.25, 0.3) is 11.1 Å². The Balaban J connectivity index is 1.49. The molecule has 7 nitrogen and oxygen atoms in total. The molecule has 0 atom stereocenters. The molecule has 1 aromatic heterocycles. The molecule has 0 aliphatic carbocycles. The quantitative estimate of drug-likeness (QED) is 0.496. The summed E-state index contributed by atoms with van der Waals surface area (Å²) in [5.41, 5.74) is 2.29. The van der Waals surface area contributed by atoms with Crippen molar-refractivity contribution >= 4 is 55.4 Å². The lowest BCUT2D eigenvalue weighted by atomic mass is 10.1. The van der Waals surface area contributed by atoms with Crippen molar-refractivity contribution in [1.82, 2.24) is 15.1 Å². The van der Waals surface area contributed by atoms with E-state index in [0.717, 1.165) is 30.7 Å². The fourth-order valence-electron chi connectivity index (χ4n) is 3.65. The molecule has 1 fully saturated rings. The Bertz CT molecular complexity index is 1200. The minimum atomic E-state index is -0.360. The lowest BCUT2D eigenvalue weighted by Gasteiger charge is -2.38. The van der Waals surface area contributed by atoms with Crippen LogP contribution in [-0.4, -0.2) is 46.4 Å². The average Bonchev–Trinajstić information content (AvgIpc) is 2.71. The smallest absolute Gasteiger partial charge is 0.272 e. The van der Waals surface area contributed by atoms with E-state index in [1.165, 1.54) is 11.3 Å². The van der Waals surface area contributed by atoms with Crippen LogP contribution in [-0.2, 0) is 0 Å². The fourth-order valence-corrected chi connectivity index (χ4v) is 4.42. The summed E-state index contributed by atoms with van der Waals surface area (Å²) in [4.78, 5) is 28.7. The van der Waals surface area contributed by atoms with Gasteiger partial charge in [-0.15, -0.1) is 0 Å². The van der Waals surface area contributed by atoms with Crippen molar-refractivity contribution in [3.63, 3.8) is 0 Å². The van der Waals surface area contributed by atoms with Crippen LogP contribution in [0.25, 0.3) is 10.8 Å². The topological polar surface area (TPSA) is 84.2 Å². The highest BCUT2D eigenvalue weighted by molar-refractivity contribution is 9.10. The molecule has 1 aliphatic heterocycles. The molecule has 2 aromatic carbocycles. The molecule has 1 saturated heterocycles. The Morgan fingerprint density at radius 1 is 1.07 bits per heavy atom. The van der Waals surface area contributed by atoms with Gasteiger partial charge in [0.15, 0.2) is 5.11 Å². The van der Waals surface area contributed by atoms with Gasteiger partial charge < -0.3 is 15.1 Å². The molecule has 9 heteroatoms. The third kappa shape index (κ3) is 3.92. The minimum absolute atomic E-state index is 0.308. The number of aryl methyl sites for hydroxylation is 1. The molecule has 2 heterocycles. The predicted molar refractivity (Wildman–Crippen MR) is 124 cm³/mol. The second-order valence-corrected chi connectivity index (χ2v) is 8.27. The highest BCUT2D eigenvalue weighted by Gasteiger charge is 2.21. The van der Waals surface area contributed by atoms with Gasteiger partial charge >= 0.3 is 0 Å². The second-order valence-electron chi connectivity index (χ2n) is 6.97. The van der Waals surface area contributed by atoms with Crippen molar-refractivity contribution in [2.45, 2.75) is 6.92 Å². The van der Waals surface area contributed by atoms with Crippen LogP contribution in [0.5, 0.6) is 0 Å². The van der Waals surface area contributed by atoms with Gasteiger partial charge in [-0.1, -0.05) is 22.0 Å². The monoisotopic (exact) mass is 473 g/mol. The van der Waals surface area contributed by atoms with E-state index in [0.29, 0.717) is 21.6 Å². The largest absolute Gasteiger partial charge is 0.368 e. The van der Waals surface area contributed by atoms with Crippen LogP contribution in [0.15, 0.2) is 50.5 Å². The van der Waals surface area contributed by atoms with Crippen molar-refractivity contribution in [2.75, 3.05) is 36.4 Å². The number of fused-ring (bicyclic) bond motifs is 1. The molecular formula is C20H20BrN5O2S. The Morgan fingerprint density at radius 2 is 1.79 bits per heavy atom. The molecule has 0 bridgehead atoms. The van der Waals surface area contributed by atoms with Gasteiger partial charge in [0.2, 0.25) is 0 Å². The van der Waals surface area contributed by atoms with Gasteiger partial charge in [0, 0.05) is 36.3 Å². The molecule has 0 radical (unpaired) electrons. The van der Waals surface area contributed by atoms with E-state index in [1.54, 1.807) is 18.2 Å². The summed E-state index contributed by atoms with van der Waals surface area (Å²) in [5, 5.41) is 9.05. The first-order valence-corrected chi connectivity index (χ1v) is 10.4. The normalized spacial score (nSPS) is 14.3. The molecule has 1 aliphatic rings. The van der Waals surface area contributed by atoms with E-state index in [1.807, 2.05) is 0 Å². The third-order valence-electron chi connectivity index (χ3n) is 5.13. The number of rotatable bonds is 2. The van der Waals surface area contributed by atoms with Crippen molar-refractivity contribution in [1.29, 1.82) is 0 Å². The molecule has 150 valence electrons. The maximum atomic E-state index is 12.2. The molecular weight excluding hydrogens is 454 g/mol. The first-order chi connectivity index (χ1) is 13.9. The molecule has 4 rings (SSSR count). The second kappa shape index (κ2) is 8.00. The van der Waals surface area contributed by atoms with Crippen LogP contribution in [0.2, 0.25) is 0 Å². The number of nitrogens with zero attached hydrogens (tertiary/aromatic N) is 2. The van der Waals surface area contributed by atoms with Crippen molar-refractivity contribution < 1.29 is 0 Å². The van der Waals surface area contributed by atoms with Gasteiger partial charge in [-0.05, 0) is 55.0 Å². The lowest BCUT2D eigenvalue weighted by Crippen LogP contribution is -2.50. The van der Waals surface area contributed by atoms with E-state index in [2.05, 4.69) is 66.4 Å². The van der Waals surface area contributed by atoms with Crippen LogP contribution in [0.4, 0.5) is 11.4 Å². The van der Waals surface area contributed by atoms with Crippen molar-refractivity contribution in [3.8, 4) is 0 Å². The summed E-state index contributed by atoms with van der Waals surface area (Å²) in [7, 11) is 0. The summed E-state index contributed by atoms with van der Waals surface area (Å²) in [5.74, 6) is 0. The van der Waals surface area contributed by atoms with E-state index in [-0.39, 0.29) is 11.1 Å². The first kappa shape index (κ1) is 19.7. The summed E-state index contributed by atoms with van der Waals surface area (Å²) in [6.07, 6.45) is 0. The molecule has 29 heavy (non-hydrogen) atoms. The highest BCUT2D eigenvalue weighted by atomic mass is 79.9. The molecule has 0 saturated carbocycles. The maximum absolute atomic E-state index is 12.2. The van der Waals surface area contributed by atoms with Gasteiger partial charge in [0.05, 0.1) is 16.5 Å². The van der Waals surface area contributed by atoms with Gasteiger partial charge in [-0.25, -0.2) is 0 Å². The molecule has 3 aromatic rings. The minimum Gasteiger partial charge on any atom is -0.368 e. The number of aromatic nitrogens is 2.